The van der Waals surface area contributed by atoms with Crippen molar-refractivity contribution in [3.8, 4) is 5.82 Å². The third kappa shape index (κ3) is 5.41. The molecule has 0 unspecified atom stereocenters. The maximum atomic E-state index is 13.4. The Kier molecular flexibility index (Phi) is 7.44. The predicted molar refractivity (Wildman–Crippen MR) is 147 cm³/mol. The fourth-order valence-electron chi connectivity index (χ4n) is 4.42. The molecule has 0 radical (unpaired) electrons. The smallest absolute Gasteiger partial charge is 0.324 e. The van der Waals surface area contributed by atoms with E-state index in [1.165, 1.54) is 18.2 Å². The first-order valence-corrected chi connectivity index (χ1v) is 14.0. The summed E-state index contributed by atoms with van der Waals surface area (Å²) in [6.45, 7) is 2.87. The summed E-state index contributed by atoms with van der Waals surface area (Å²) in [4.78, 5) is 13.6. The number of nitrogens with one attached hydrogen (secondary N) is 1. The molecule has 1 aliphatic rings. The van der Waals surface area contributed by atoms with Crippen LogP contribution in [0.15, 0.2) is 65.7 Å². The average molecular weight is 575 g/mol. The van der Waals surface area contributed by atoms with Gasteiger partial charge in [-0.1, -0.05) is 23.2 Å². The van der Waals surface area contributed by atoms with Crippen LogP contribution in [0.3, 0.4) is 0 Å². The Labute approximate surface area is 229 Å². The van der Waals surface area contributed by atoms with E-state index in [4.69, 9.17) is 23.2 Å². The van der Waals surface area contributed by atoms with Gasteiger partial charge in [0.1, 0.15) is 6.54 Å². The summed E-state index contributed by atoms with van der Waals surface area (Å²) in [5, 5.41) is 22.6. The number of aromatic nitrogens is 3. The number of nitrogens with zero attached hydrogens (tertiary/aromatic N) is 5. The van der Waals surface area contributed by atoms with Crippen LogP contribution in [-0.4, -0.2) is 67.0 Å². The van der Waals surface area contributed by atoms with Gasteiger partial charge in [0.15, 0.2) is 11.6 Å². The Bertz CT molecular complexity index is 1570. The molecular formula is C25H24Cl2N6O4S. The normalized spacial score (nSPS) is 14.4. The molecule has 0 amide bonds. The van der Waals surface area contributed by atoms with Gasteiger partial charge in [-0.25, -0.2) is 8.42 Å². The number of rotatable bonds is 7. The summed E-state index contributed by atoms with van der Waals surface area (Å²) in [5.41, 5.74) is 0.943. The number of carboxylic acid groups (broad SMARTS) is 1. The average Bonchev–Trinajstić information content (AvgIpc) is 3.11. The Balaban J connectivity index is 1.48. The second-order valence-electron chi connectivity index (χ2n) is 8.78. The molecule has 13 heteroatoms. The topological polar surface area (TPSA) is 121 Å². The van der Waals surface area contributed by atoms with Crippen molar-refractivity contribution in [3.63, 3.8) is 0 Å². The molecule has 0 saturated carbocycles. The third-order valence-corrected chi connectivity index (χ3v) is 8.40. The third-order valence-electron chi connectivity index (χ3n) is 6.21. The van der Waals surface area contributed by atoms with E-state index in [1.54, 1.807) is 30.5 Å². The Morgan fingerprint density at radius 1 is 0.974 bits per heavy atom. The van der Waals surface area contributed by atoms with Crippen molar-refractivity contribution < 1.29 is 18.3 Å². The highest BCUT2D eigenvalue weighted by Crippen LogP contribution is 2.31. The molecule has 38 heavy (non-hydrogen) atoms. The number of fused-ring (bicyclic) bond motifs is 1. The van der Waals surface area contributed by atoms with Crippen LogP contribution in [0.25, 0.3) is 16.7 Å². The van der Waals surface area contributed by atoms with E-state index in [2.05, 4.69) is 20.4 Å². The van der Waals surface area contributed by atoms with Crippen LogP contribution in [0.2, 0.25) is 10.0 Å². The fourth-order valence-corrected chi connectivity index (χ4v) is 6.55. The monoisotopic (exact) mass is 574 g/mol. The molecule has 2 aromatic heterocycles. The van der Waals surface area contributed by atoms with Crippen molar-refractivity contribution in [2.24, 2.45) is 0 Å². The summed E-state index contributed by atoms with van der Waals surface area (Å²) in [6.07, 6.45) is 2.84. The predicted octanol–water partition coefficient (Wildman–Crippen LogP) is 3.81. The summed E-state index contributed by atoms with van der Waals surface area (Å²) in [6, 6.07) is 14.4. The number of hydrogen-bond acceptors (Lipinski definition) is 7. The van der Waals surface area contributed by atoms with Crippen LogP contribution >= 0.6 is 23.2 Å². The van der Waals surface area contributed by atoms with Crippen molar-refractivity contribution in [3.05, 3.63) is 70.8 Å². The van der Waals surface area contributed by atoms with E-state index in [9.17, 15) is 18.3 Å². The minimum Gasteiger partial charge on any atom is -0.480 e. The molecule has 198 valence electrons. The molecule has 0 aliphatic carbocycles. The van der Waals surface area contributed by atoms with E-state index in [1.807, 2.05) is 16.7 Å². The van der Waals surface area contributed by atoms with E-state index in [0.717, 1.165) is 48.2 Å². The Hall–Kier alpha value is -3.38. The molecule has 3 heterocycles. The summed E-state index contributed by atoms with van der Waals surface area (Å²) in [7, 11) is -4.28. The molecule has 1 saturated heterocycles. The maximum absolute atomic E-state index is 13.4. The zero-order valence-corrected chi connectivity index (χ0v) is 22.4. The zero-order chi connectivity index (χ0) is 26.9. The number of aliphatic carboxylic acids is 1. The first-order valence-electron chi connectivity index (χ1n) is 11.8. The van der Waals surface area contributed by atoms with E-state index < -0.39 is 22.5 Å². The largest absolute Gasteiger partial charge is 0.480 e. The first kappa shape index (κ1) is 26.2. The van der Waals surface area contributed by atoms with Crippen molar-refractivity contribution in [2.75, 3.05) is 41.9 Å². The Morgan fingerprint density at radius 2 is 1.71 bits per heavy atom. The second-order valence-corrected chi connectivity index (χ2v) is 11.5. The van der Waals surface area contributed by atoms with Crippen LogP contribution < -0.4 is 14.5 Å². The van der Waals surface area contributed by atoms with Gasteiger partial charge in [0.2, 0.25) is 0 Å². The van der Waals surface area contributed by atoms with Crippen molar-refractivity contribution in [1.29, 1.82) is 0 Å². The number of anilines is 2. The minimum absolute atomic E-state index is 0.124. The van der Waals surface area contributed by atoms with E-state index in [0.29, 0.717) is 11.2 Å². The molecule has 0 spiro atoms. The number of carbonyl (C=O) groups is 1. The Morgan fingerprint density at radius 3 is 2.42 bits per heavy atom. The van der Waals surface area contributed by atoms with Gasteiger partial charge in [-0.3, -0.25) is 13.7 Å². The van der Waals surface area contributed by atoms with E-state index >= 15 is 0 Å². The summed E-state index contributed by atoms with van der Waals surface area (Å²) >= 11 is 12.0. The highest BCUT2D eigenvalue weighted by atomic mass is 35.5. The van der Waals surface area contributed by atoms with Crippen molar-refractivity contribution >= 4 is 61.6 Å². The van der Waals surface area contributed by atoms with Crippen LogP contribution in [0, 0.1) is 0 Å². The second kappa shape index (κ2) is 10.8. The molecule has 4 aromatic rings. The highest BCUT2D eigenvalue weighted by molar-refractivity contribution is 7.92. The van der Waals surface area contributed by atoms with Crippen LogP contribution in [0.4, 0.5) is 11.5 Å². The number of carboxylic acids is 1. The maximum Gasteiger partial charge on any atom is 0.324 e. The molecule has 1 aliphatic heterocycles. The summed E-state index contributed by atoms with van der Waals surface area (Å²) in [5.74, 6) is 0.106. The fraction of sp³-hybridized carbons (Fsp3) is 0.240. The van der Waals surface area contributed by atoms with Crippen molar-refractivity contribution in [1.82, 2.24) is 20.1 Å². The molecule has 2 N–H and O–H groups in total. The molecule has 5 rings (SSSR count). The summed E-state index contributed by atoms with van der Waals surface area (Å²) < 4.78 is 29.5. The van der Waals surface area contributed by atoms with Gasteiger partial charge in [0.05, 0.1) is 16.1 Å². The number of halogens is 2. The van der Waals surface area contributed by atoms with Gasteiger partial charge in [-0.05, 0) is 67.6 Å². The number of benzene rings is 2. The molecule has 10 nitrogen and oxygen atoms in total. The lowest BCUT2D eigenvalue weighted by atomic mass is 10.2. The van der Waals surface area contributed by atoms with Gasteiger partial charge in [-0.2, -0.15) is 0 Å². The lowest BCUT2D eigenvalue weighted by Gasteiger charge is -2.23. The standard InChI is InChI=1S/C25H24Cl2N6O4S/c26-18-13-19(27)15-21(14-18)38(36,37)33(16-25(34)35)20-2-3-22-17(12-20)6-10-32(22)24-5-4-23(29-30-24)31-9-1-7-28-8-11-31/h2-6,10,12-15,28H,1,7-9,11,16H2,(H,34,35). The number of hydrogen-bond donors (Lipinski definition) is 2. The molecule has 0 atom stereocenters. The van der Waals surface area contributed by atoms with Gasteiger partial charge < -0.3 is 15.3 Å². The lowest BCUT2D eigenvalue weighted by Crippen LogP contribution is -2.35. The molecule has 1 fully saturated rings. The van der Waals surface area contributed by atoms with Crippen LogP contribution in [-0.2, 0) is 14.8 Å². The van der Waals surface area contributed by atoms with Gasteiger partial charge >= 0.3 is 5.97 Å². The first-order chi connectivity index (χ1) is 18.2. The SMILES string of the molecule is O=C(O)CN(c1ccc2c(ccn2-c2ccc(N3CCCNCC3)nn2)c1)S(=O)(=O)c1cc(Cl)cc(Cl)c1. The quantitative estimate of drug-likeness (QED) is 0.342. The lowest BCUT2D eigenvalue weighted by molar-refractivity contribution is -0.135. The molecule has 2 aromatic carbocycles. The van der Waals surface area contributed by atoms with Crippen LogP contribution in [0.5, 0.6) is 0 Å². The van der Waals surface area contributed by atoms with Gasteiger partial charge in [0.25, 0.3) is 10.0 Å². The highest BCUT2D eigenvalue weighted by Gasteiger charge is 2.28. The molecule has 0 bridgehead atoms. The number of sulfonamides is 1. The zero-order valence-electron chi connectivity index (χ0n) is 20.1. The van der Waals surface area contributed by atoms with E-state index in [-0.39, 0.29) is 20.6 Å². The molecular weight excluding hydrogens is 551 g/mol. The van der Waals surface area contributed by atoms with Gasteiger partial charge in [0, 0.05) is 41.3 Å². The van der Waals surface area contributed by atoms with Gasteiger partial charge in [-0.15, -0.1) is 10.2 Å². The minimum atomic E-state index is -4.28. The van der Waals surface area contributed by atoms with Crippen molar-refractivity contribution in [2.45, 2.75) is 11.3 Å². The van der Waals surface area contributed by atoms with Crippen LogP contribution in [0.1, 0.15) is 6.42 Å².